The number of carbonyl (C=O) groups is 2. The van der Waals surface area contributed by atoms with Crippen LogP contribution in [0.15, 0.2) is 36.7 Å². The topological polar surface area (TPSA) is 101 Å². The van der Waals surface area contributed by atoms with Crippen LogP contribution in [0.5, 0.6) is 0 Å². The maximum Gasteiger partial charge on any atom is 0.251 e. The second-order valence-electron chi connectivity index (χ2n) is 3.98. The first kappa shape index (κ1) is 12.8. The normalized spacial score (nSPS) is 10.1. The Kier molecular flexibility index (Phi) is 3.92. The van der Waals surface area contributed by atoms with Crippen molar-refractivity contribution in [2.75, 3.05) is 6.54 Å². The van der Waals surface area contributed by atoms with E-state index >= 15 is 0 Å². The molecular weight excluding hydrogens is 244 g/mol. The largest absolute Gasteiger partial charge is 0.366 e. The molecule has 2 aromatic rings. The summed E-state index contributed by atoms with van der Waals surface area (Å²) in [7, 11) is 0. The van der Waals surface area contributed by atoms with Gasteiger partial charge in [-0.05, 0) is 24.3 Å². The number of carbonyl (C=O) groups excluding carboxylic acids is 2. The van der Waals surface area contributed by atoms with E-state index in [2.05, 4.69) is 15.3 Å². The van der Waals surface area contributed by atoms with Crippen molar-refractivity contribution in [2.24, 2.45) is 5.73 Å². The van der Waals surface area contributed by atoms with Crippen LogP contribution in [0.3, 0.4) is 0 Å². The molecule has 1 aromatic carbocycles. The molecule has 0 fully saturated rings. The number of benzene rings is 1. The molecule has 0 aliphatic carbocycles. The fraction of sp³-hybridized carbons (Fsp3) is 0.154. The van der Waals surface area contributed by atoms with E-state index in [0.717, 1.165) is 5.82 Å². The molecule has 0 aliphatic heterocycles. The number of aromatic amines is 1. The van der Waals surface area contributed by atoms with E-state index < -0.39 is 5.91 Å². The van der Waals surface area contributed by atoms with Crippen LogP contribution in [0.4, 0.5) is 0 Å². The van der Waals surface area contributed by atoms with Gasteiger partial charge in [0.25, 0.3) is 5.91 Å². The van der Waals surface area contributed by atoms with Gasteiger partial charge in [-0.3, -0.25) is 9.59 Å². The van der Waals surface area contributed by atoms with Gasteiger partial charge in [0, 0.05) is 36.5 Å². The number of rotatable bonds is 5. The number of amides is 2. The average Bonchev–Trinajstić information content (AvgIpc) is 2.92. The summed E-state index contributed by atoms with van der Waals surface area (Å²) < 4.78 is 0. The predicted molar refractivity (Wildman–Crippen MR) is 69.6 cm³/mol. The van der Waals surface area contributed by atoms with Crippen molar-refractivity contribution in [3.05, 3.63) is 53.6 Å². The molecule has 0 unspecified atom stereocenters. The van der Waals surface area contributed by atoms with E-state index in [9.17, 15) is 9.59 Å². The summed E-state index contributed by atoms with van der Waals surface area (Å²) >= 11 is 0. The molecule has 98 valence electrons. The van der Waals surface area contributed by atoms with Gasteiger partial charge in [0.1, 0.15) is 5.82 Å². The number of nitrogens with zero attached hydrogens (tertiary/aromatic N) is 1. The number of imidazole rings is 1. The first-order valence-corrected chi connectivity index (χ1v) is 5.83. The first-order valence-electron chi connectivity index (χ1n) is 5.83. The van der Waals surface area contributed by atoms with Crippen LogP contribution in [0.2, 0.25) is 0 Å². The van der Waals surface area contributed by atoms with Crippen LogP contribution in [-0.2, 0) is 6.42 Å². The fourth-order valence-corrected chi connectivity index (χ4v) is 1.62. The third-order valence-corrected chi connectivity index (χ3v) is 2.63. The monoisotopic (exact) mass is 258 g/mol. The summed E-state index contributed by atoms with van der Waals surface area (Å²) in [6.45, 7) is 0.490. The van der Waals surface area contributed by atoms with Gasteiger partial charge in [0.2, 0.25) is 5.91 Å². The zero-order valence-corrected chi connectivity index (χ0v) is 10.2. The highest BCUT2D eigenvalue weighted by Crippen LogP contribution is 2.03. The van der Waals surface area contributed by atoms with Crippen molar-refractivity contribution in [3.63, 3.8) is 0 Å². The van der Waals surface area contributed by atoms with Crippen molar-refractivity contribution in [1.82, 2.24) is 15.3 Å². The summed E-state index contributed by atoms with van der Waals surface area (Å²) in [4.78, 5) is 29.7. The van der Waals surface area contributed by atoms with E-state index in [4.69, 9.17) is 5.73 Å². The Morgan fingerprint density at radius 3 is 2.47 bits per heavy atom. The maximum atomic E-state index is 11.8. The minimum absolute atomic E-state index is 0.192. The number of hydrogen-bond donors (Lipinski definition) is 3. The summed E-state index contributed by atoms with van der Waals surface area (Å²) in [5.74, 6) is 0.122. The Labute approximate surface area is 110 Å². The molecule has 6 heteroatoms. The Morgan fingerprint density at radius 1 is 1.21 bits per heavy atom. The molecule has 1 aromatic heterocycles. The highest BCUT2D eigenvalue weighted by molar-refractivity contribution is 5.97. The van der Waals surface area contributed by atoms with Crippen molar-refractivity contribution in [3.8, 4) is 0 Å². The number of aromatic nitrogens is 2. The summed E-state index contributed by atoms with van der Waals surface area (Å²) in [5.41, 5.74) is 6.00. The lowest BCUT2D eigenvalue weighted by atomic mass is 10.1. The molecule has 0 aliphatic rings. The standard InChI is InChI=1S/C13H14N4O2/c14-12(18)9-1-3-10(4-2-9)13(19)17-6-5-11-15-7-8-16-11/h1-4,7-8H,5-6H2,(H2,14,18)(H,15,16)(H,17,19). The lowest BCUT2D eigenvalue weighted by Crippen LogP contribution is -2.26. The molecule has 1 heterocycles. The van der Waals surface area contributed by atoms with Crippen LogP contribution < -0.4 is 11.1 Å². The highest BCUT2D eigenvalue weighted by Gasteiger charge is 2.06. The lowest BCUT2D eigenvalue weighted by Gasteiger charge is -2.04. The van der Waals surface area contributed by atoms with Crippen LogP contribution >= 0.6 is 0 Å². The molecule has 0 radical (unpaired) electrons. The molecule has 4 N–H and O–H groups in total. The zero-order chi connectivity index (χ0) is 13.7. The van der Waals surface area contributed by atoms with Gasteiger partial charge in [-0.1, -0.05) is 0 Å². The molecule has 2 amide bonds. The van der Waals surface area contributed by atoms with Gasteiger partial charge in [0.05, 0.1) is 0 Å². The Morgan fingerprint density at radius 2 is 1.89 bits per heavy atom. The third kappa shape index (κ3) is 3.41. The van der Waals surface area contributed by atoms with Gasteiger partial charge < -0.3 is 16.0 Å². The molecule has 0 atom stereocenters. The van der Waals surface area contributed by atoms with Gasteiger partial charge in [-0.2, -0.15) is 0 Å². The average molecular weight is 258 g/mol. The van der Waals surface area contributed by atoms with Crippen molar-refractivity contribution >= 4 is 11.8 Å². The predicted octanol–water partition coefficient (Wildman–Crippen LogP) is 0.481. The van der Waals surface area contributed by atoms with Crippen LogP contribution in [0.25, 0.3) is 0 Å². The van der Waals surface area contributed by atoms with Crippen LogP contribution in [0, 0.1) is 0 Å². The highest BCUT2D eigenvalue weighted by atomic mass is 16.2. The van der Waals surface area contributed by atoms with E-state index in [1.54, 1.807) is 24.5 Å². The first-order chi connectivity index (χ1) is 9.16. The van der Waals surface area contributed by atoms with Gasteiger partial charge in [-0.25, -0.2) is 4.98 Å². The second-order valence-corrected chi connectivity index (χ2v) is 3.98. The Balaban J connectivity index is 1.87. The molecule has 2 rings (SSSR count). The van der Waals surface area contributed by atoms with Crippen LogP contribution in [0.1, 0.15) is 26.5 Å². The maximum absolute atomic E-state index is 11.8. The van der Waals surface area contributed by atoms with Gasteiger partial charge in [-0.15, -0.1) is 0 Å². The van der Waals surface area contributed by atoms with Gasteiger partial charge in [0.15, 0.2) is 0 Å². The minimum Gasteiger partial charge on any atom is -0.366 e. The number of hydrogen-bond acceptors (Lipinski definition) is 3. The Bertz CT molecular complexity index is 561. The number of nitrogens with one attached hydrogen (secondary N) is 2. The fourth-order valence-electron chi connectivity index (χ4n) is 1.62. The molecule has 0 bridgehead atoms. The number of H-pyrrole nitrogens is 1. The van der Waals surface area contributed by atoms with Crippen molar-refractivity contribution < 1.29 is 9.59 Å². The van der Waals surface area contributed by atoms with E-state index in [1.807, 2.05) is 0 Å². The minimum atomic E-state index is -0.509. The van der Waals surface area contributed by atoms with Gasteiger partial charge >= 0.3 is 0 Å². The van der Waals surface area contributed by atoms with E-state index in [-0.39, 0.29) is 5.91 Å². The molecule has 0 saturated carbocycles. The second kappa shape index (κ2) is 5.81. The summed E-state index contributed by atoms with van der Waals surface area (Å²) in [6, 6.07) is 6.21. The molecule has 0 spiro atoms. The SMILES string of the molecule is NC(=O)c1ccc(C(=O)NCCc2ncc[nH]2)cc1. The molecule has 6 nitrogen and oxygen atoms in total. The third-order valence-electron chi connectivity index (χ3n) is 2.63. The smallest absolute Gasteiger partial charge is 0.251 e. The molecule has 0 saturated heterocycles. The van der Waals surface area contributed by atoms with E-state index in [1.165, 1.54) is 12.1 Å². The van der Waals surface area contributed by atoms with Crippen molar-refractivity contribution in [1.29, 1.82) is 0 Å². The molecular formula is C13H14N4O2. The van der Waals surface area contributed by atoms with E-state index in [0.29, 0.717) is 24.1 Å². The lowest BCUT2D eigenvalue weighted by molar-refractivity contribution is 0.0951. The van der Waals surface area contributed by atoms with Crippen molar-refractivity contribution in [2.45, 2.75) is 6.42 Å². The summed E-state index contributed by atoms with van der Waals surface area (Å²) in [5, 5.41) is 2.77. The molecule has 19 heavy (non-hydrogen) atoms. The van der Waals surface area contributed by atoms with Crippen LogP contribution in [-0.4, -0.2) is 28.3 Å². The summed E-state index contributed by atoms with van der Waals surface area (Å²) in [6.07, 6.45) is 4.04. The number of nitrogens with two attached hydrogens (primary N) is 1. The quantitative estimate of drug-likeness (QED) is 0.727. The number of primary amides is 1. The zero-order valence-electron chi connectivity index (χ0n) is 10.2. The Hall–Kier alpha value is -2.63.